The van der Waals surface area contributed by atoms with Crippen molar-refractivity contribution in [2.24, 2.45) is 0 Å². The molecule has 0 bridgehead atoms. The first-order chi connectivity index (χ1) is 15.2. The summed E-state index contributed by atoms with van der Waals surface area (Å²) >= 11 is 1.59. The lowest BCUT2D eigenvalue weighted by Crippen LogP contribution is -2.30. The Kier molecular flexibility index (Phi) is 5.14. The second kappa shape index (κ2) is 8.24. The zero-order valence-corrected chi connectivity index (χ0v) is 17.7. The summed E-state index contributed by atoms with van der Waals surface area (Å²) in [6.45, 7) is 2.58. The summed E-state index contributed by atoms with van der Waals surface area (Å²) in [6.07, 6.45) is 3.74. The molecule has 0 spiro atoms. The molecule has 152 valence electrons. The predicted octanol–water partition coefficient (Wildman–Crippen LogP) is 6.04. The monoisotopic (exact) mass is 425 g/mol. The van der Waals surface area contributed by atoms with E-state index in [0.717, 1.165) is 32.2 Å². The van der Waals surface area contributed by atoms with Gasteiger partial charge in [-0.05, 0) is 48.9 Å². The van der Waals surface area contributed by atoms with Gasteiger partial charge in [0.25, 0.3) is 11.8 Å². The van der Waals surface area contributed by atoms with Gasteiger partial charge in [0.1, 0.15) is 0 Å². The van der Waals surface area contributed by atoms with Crippen molar-refractivity contribution in [2.75, 3.05) is 11.4 Å². The number of carbonyl (C=O) groups is 1. The summed E-state index contributed by atoms with van der Waals surface area (Å²) in [6, 6.07) is 23.6. The standard InChI is InChI=1S/C25H19N3O2S/c1-2-28-20-14-13-18(16-22(20)31-21-11-7-6-10-19(21)25(28)29)24-26-23(30-27-24)15-12-17-8-4-3-5-9-17/h3-16H,2H2,1H3. The van der Waals surface area contributed by atoms with Crippen LogP contribution >= 0.6 is 11.8 Å². The molecule has 0 radical (unpaired) electrons. The van der Waals surface area contributed by atoms with E-state index in [4.69, 9.17) is 4.52 Å². The van der Waals surface area contributed by atoms with E-state index in [2.05, 4.69) is 10.1 Å². The molecule has 0 saturated carbocycles. The molecule has 31 heavy (non-hydrogen) atoms. The highest BCUT2D eigenvalue weighted by Crippen LogP contribution is 2.42. The van der Waals surface area contributed by atoms with E-state index in [9.17, 15) is 4.79 Å². The van der Waals surface area contributed by atoms with Crippen molar-refractivity contribution >= 4 is 35.5 Å². The van der Waals surface area contributed by atoms with Crippen LogP contribution < -0.4 is 4.90 Å². The summed E-state index contributed by atoms with van der Waals surface area (Å²) in [7, 11) is 0. The van der Waals surface area contributed by atoms with E-state index in [1.807, 2.05) is 90.7 Å². The number of nitrogens with zero attached hydrogens (tertiary/aromatic N) is 3. The molecule has 5 nitrogen and oxygen atoms in total. The molecule has 0 unspecified atom stereocenters. The number of carbonyl (C=O) groups excluding carboxylic acids is 1. The highest BCUT2D eigenvalue weighted by molar-refractivity contribution is 7.99. The van der Waals surface area contributed by atoms with Crippen LogP contribution in [0.5, 0.6) is 0 Å². The van der Waals surface area contributed by atoms with Gasteiger partial charge in [0.05, 0.1) is 11.3 Å². The Morgan fingerprint density at radius 1 is 0.968 bits per heavy atom. The van der Waals surface area contributed by atoms with Crippen LogP contribution in [0.25, 0.3) is 23.5 Å². The van der Waals surface area contributed by atoms with Crippen molar-refractivity contribution in [2.45, 2.75) is 16.7 Å². The number of rotatable bonds is 4. The van der Waals surface area contributed by atoms with Crippen LogP contribution in [0.3, 0.4) is 0 Å². The highest BCUT2D eigenvalue weighted by Gasteiger charge is 2.26. The lowest BCUT2D eigenvalue weighted by molar-refractivity contribution is 0.0985. The van der Waals surface area contributed by atoms with Gasteiger partial charge in [-0.15, -0.1) is 0 Å². The van der Waals surface area contributed by atoms with Gasteiger partial charge < -0.3 is 9.42 Å². The quantitative estimate of drug-likeness (QED) is 0.399. The van der Waals surface area contributed by atoms with Gasteiger partial charge in [0.2, 0.25) is 5.82 Å². The average Bonchev–Trinajstić information content (AvgIpc) is 3.25. The summed E-state index contributed by atoms with van der Waals surface area (Å²) in [5, 5.41) is 4.14. The summed E-state index contributed by atoms with van der Waals surface area (Å²) < 4.78 is 5.41. The highest BCUT2D eigenvalue weighted by atomic mass is 32.2. The third-order valence-corrected chi connectivity index (χ3v) is 6.19. The summed E-state index contributed by atoms with van der Waals surface area (Å²) in [5.41, 5.74) is 3.52. The predicted molar refractivity (Wildman–Crippen MR) is 123 cm³/mol. The van der Waals surface area contributed by atoms with E-state index < -0.39 is 0 Å². The fourth-order valence-corrected chi connectivity index (χ4v) is 4.65. The van der Waals surface area contributed by atoms with Crippen LogP contribution in [0.1, 0.15) is 28.7 Å². The maximum absolute atomic E-state index is 13.0. The maximum atomic E-state index is 13.0. The summed E-state index contributed by atoms with van der Waals surface area (Å²) in [5.74, 6) is 0.977. The number of hydrogen-bond donors (Lipinski definition) is 0. The minimum atomic E-state index is 0.0185. The zero-order valence-electron chi connectivity index (χ0n) is 16.9. The number of fused-ring (bicyclic) bond motifs is 2. The second-order valence-corrected chi connectivity index (χ2v) is 8.11. The van der Waals surface area contributed by atoms with Gasteiger partial charge in [-0.3, -0.25) is 4.79 Å². The molecule has 4 aromatic rings. The molecule has 0 fully saturated rings. The van der Waals surface area contributed by atoms with Gasteiger partial charge in [0, 0.05) is 28.0 Å². The Labute approximate surface area is 184 Å². The third-order valence-electron chi connectivity index (χ3n) is 5.07. The first-order valence-electron chi connectivity index (χ1n) is 10.0. The Balaban J connectivity index is 1.49. The molecule has 5 rings (SSSR count). The Hall–Kier alpha value is -3.64. The first kappa shape index (κ1) is 19.3. The SMILES string of the molecule is CCN1C(=O)c2ccccc2Sc2cc(-c3noc(C=Cc4ccccc4)n3)ccc21. The van der Waals surface area contributed by atoms with Gasteiger partial charge >= 0.3 is 0 Å². The third kappa shape index (κ3) is 3.78. The summed E-state index contributed by atoms with van der Waals surface area (Å²) in [4.78, 5) is 21.3. The smallest absolute Gasteiger partial charge is 0.259 e. The minimum Gasteiger partial charge on any atom is -0.334 e. The van der Waals surface area contributed by atoms with Gasteiger partial charge in [-0.25, -0.2) is 0 Å². The largest absolute Gasteiger partial charge is 0.334 e. The van der Waals surface area contributed by atoms with Crippen LogP contribution in [-0.4, -0.2) is 22.6 Å². The molecular weight excluding hydrogens is 406 g/mol. The van der Waals surface area contributed by atoms with E-state index in [1.165, 1.54) is 0 Å². The van der Waals surface area contributed by atoms with E-state index in [0.29, 0.717) is 18.3 Å². The minimum absolute atomic E-state index is 0.0185. The van der Waals surface area contributed by atoms with Crippen molar-refractivity contribution in [3.05, 3.63) is 89.8 Å². The molecule has 0 atom stereocenters. The van der Waals surface area contributed by atoms with E-state index >= 15 is 0 Å². The van der Waals surface area contributed by atoms with Gasteiger partial charge in [0.15, 0.2) is 0 Å². The molecule has 0 aliphatic carbocycles. The van der Waals surface area contributed by atoms with Crippen LogP contribution in [0, 0.1) is 0 Å². The Morgan fingerprint density at radius 3 is 2.61 bits per heavy atom. The molecule has 0 N–H and O–H groups in total. The lowest BCUT2D eigenvalue weighted by Gasteiger charge is -2.21. The van der Waals surface area contributed by atoms with Crippen molar-refractivity contribution in [3.63, 3.8) is 0 Å². The van der Waals surface area contributed by atoms with Crippen molar-refractivity contribution in [1.29, 1.82) is 0 Å². The van der Waals surface area contributed by atoms with Crippen LogP contribution in [0.15, 0.2) is 87.1 Å². The van der Waals surface area contributed by atoms with Crippen molar-refractivity contribution in [1.82, 2.24) is 10.1 Å². The lowest BCUT2D eigenvalue weighted by atomic mass is 10.1. The van der Waals surface area contributed by atoms with Crippen LogP contribution in [0.2, 0.25) is 0 Å². The van der Waals surface area contributed by atoms with Crippen LogP contribution in [-0.2, 0) is 0 Å². The molecule has 1 aliphatic heterocycles. The molecule has 3 aromatic carbocycles. The maximum Gasteiger partial charge on any atom is 0.259 e. The molecule has 6 heteroatoms. The molecule has 1 aliphatic rings. The molecular formula is C25H19N3O2S. The van der Waals surface area contributed by atoms with Crippen LogP contribution in [0.4, 0.5) is 5.69 Å². The Bertz CT molecular complexity index is 1280. The second-order valence-electron chi connectivity index (χ2n) is 7.03. The fraction of sp³-hybridized carbons (Fsp3) is 0.0800. The van der Waals surface area contributed by atoms with Gasteiger partial charge in [-0.1, -0.05) is 59.4 Å². The molecule has 1 amide bonds. The first-order valence-corrected chi connectivity index (χ1v) is 10.8. The van der Waals surface area contributed by atoms with Crippen molar-refractivity contribution < 1.29 is 9.32 Å². The fourth-order valence-electron chi connectivity index (χ4n) is 3.53. The Morgan fingerprint density at radius 2 is 1.77 bits per heavy atom. The number of amides is 1. The number of benzene rings is 3. The van der Waals surface area contributed by atoms with Crippen molar-refractivity contribution in [3.8, 4) is 11.4 Å². The average molecular weight is 426 g/mol. The van der Waals surface area contributed by atoms with Gasteiger partial charge in [-0.2, -0.15) is 4.98 Å². The number of aromatic nitrogens is 2. The van der Waals surface area contributed by atoms with E-state index in [1.54, 1.807) is 17.8 Å². The molecule has 0 saturated heterocycles. The number of hydrogen-bond acceptors (Lipinski definition) is 5. The topological polar surface area (TPSA) is 59.2 Å². The zero-order chi connectivity index (χ0) is 21.2. The molecule has 1 aromatic heterocycles. The molecule has 2 heterocycles. The normalized spacial score (nSPS) is 13.2. The van der Waals surface area contributed by atoms with E-state index in [-0.39, 0.29) is 5.91 Å². The number of anilines is 1.